The monoisotopic (exact) mass is 84.0 g/mol. The minimum atomic E-state index is 0.725. The molecule has 1 atom stereocenters. The van der Waals surface area contributed by atoms with Crippen molar-refractivity contribution in [3.63, 3.8) is 0 Å². The lowest BCUT2D eigenvalue weighted by Crippen LogP contribution is -1.57. The third kappa shape index (κ3) is 0.927. The van der Waals surface area contributed by atoms with Crippen LogP contribution in [0.5, 0.6) is 0 Å². The summed E-state index contributed by atoms with van der Waals surface area (Å²) in [5.74, 6) is 0. The molecular weight excluding hydrogens is 77.8 g/mol. The molecule has 2 radical (unpaired) electrons. The Kier molecular flexibility index (Phi) is 0.957. The fraction of sp³-hybridized carbons (Fsp3) is 1.00. The van der Waals surface area contributed by atoms with E-state index in [1.807, 2.05) is 0 Å². The smallest absolute Gasteiger partial charge is 0.104 e. The molecule has 1 unspecified atom stereocenters. The first-order chi connectivity index (χ1) is 2.43. The third-order valence-electron chi connectivity index (χ3n) is 0.813. The molecule has 1 saturated carbocycles. The van der Waals surface area contributed by atoms with Gasteiger partial charge in [0.25, 0.3) is 0 Å². The molecule has 1 fully saturated rings. The van der Waals surface area contributed by atoms with Crippen LogP contribution in [-0.4, -0.2) is 13.2 Å². The lowest BCUT2D eigenvalue weighted by Gasteiger charge is -1.74. The predicted molar refractivity (Wildman–Crippen MR) is 27.1 cm³/mol. The average Bonchev–Trinajstić information content (AvgIpc) is 2.12. The zero-order valence-electron chi connectivity index (χ0n) is 3.07. The van der Waals surface area contributed by atoms with Crippen molar-refractivity contribution in [2.45, 2.75) is 18.5 Å². The second kappa shape index (κ2) is 1.30. The van der Waals surface area contributed by atoms with Crippen molar-refractivity contribution in [3.05, 3.63) is 0 Å². The molecule has 0 N–H and O–H groups in total. The molecule has 0 spiro atoms. The Hall–Kier alpha value is 0.495. The van der Waals surface area contributed by atoms with Crippen molar-refractivity contribution >= 4 is 16.0 Å². The highest BCUT2D eigenvalue weighted by Gasteiger charge is 2.16. The van der Waals surface area contributed by atoms with E-state index in [0.29, 0.717) is 0 Å². The second-order valence-electron chi connectivity index (χ2n) is 1.44. The van der Waals surface area contributed by atoms with Gasteiger partial charge in [-0.2, -0.15) is 8.46 Å². The van der Waals surface area contributed by atoms with Crippen LogP contribution in [-0.2, 0) is 0 Å². The topological polar surface area (TPSA) is 0 Å². The summed E-state index contributed by atoms with van der Waals surface area (Å²) in [7, 11) is 5.99. The minimum absolute atomic E-state index is 0.725. The summed E-state index contributed by atoms with van der Waals surface area (Å²) in [6.45, 7) is 0. The number of hydrogen-bond donors (Lipinski definition) is 0. The molecule has 0 amide bonds. The van der Waals surface area contributed by atoms with Crippen LogP contribution in [0.4, 0.5) is 0 Å². The maximum Gasteiger partial charge on any atom is 0.104 e. The van der Waals surface area contributed by atoms with Crippen molar-refractivity contribution in [1.82, 2.24) is 0 Å². The van der Waals surface area contributed by atoms with E-state index in [0.717, 1.165) is 14.1 Å². The first-order valence-electron chi connectivity index (χ1n) is 1.89. The first-order valence-corrected chi connectivity index (χ1v) is 3.05. The van der Waals surface area contributed by atoms with Gasteiger partial charge in [0.2, 0.25) is 0 Å². The zero-order chi connectivity index (χ0) is 3.70. The standard InChI is InChI=1S/C3H6BP/c4-5-3-1-2-3/h3,5H,1-2H2. The highest BCUT2D eigenvalue weighted by atomic mass is 31.1. The van der Waals surface area contributed by atoms with Gasteiger partial charge in [0.05, 0.1) is 0 Å². The molecule has 1 aliphatic rings. The summed E-state index contributed by atoms with van der Waals surface area (Å²) < 4.78 is 0. The van der Waals surface area contributed by atoms with E-state index in [4.69, 9.17) is 7.57 Å². The van der Waals surface area contributed by atoms with Gasteiger partial charge >= 0.3 is 0 Å². The van der Waals surface area contributed by atoms with Crippen LogP contribution < -0.4 is 0 Å². The van der Waals surface area contributed by atoms with Crippen LogP contribution in [0, 0.1) is 0 Å². The van der Waals surface area contributed by atoms with Crippen LogP contribution in [0.1, 0.15) is 12.8 Å². The van der Waals surface area contributed by atoms with E-state index in [1.54, 1.807) is 0 Å². The lowest BCUT2D eigenvalue weighted by atomic mass is 10.8. The van der Waals surface area contributed by atoms with E-state index >= 15 is 0 Å². The Morgan fingerprint density at radius 2 is 2.20 bits per heavy atom. The summed E-state index contributed by atoms with van der Waals surface area (Å²) in [5, 5.41) is 0. The average molecular weight is 83.9 g/mol. The lowest BCUT2D eigenvalue weighted by molar-refractivity contribution is 1.50. The molecule has 0 aromatic heterocycles. The molecule has 2 heteroatoms. The summed E-state index contributed by atoms with van der Waals surface area (Å²) >= 11 is 0. The fourth-order valence-electron chi connectivity index (χ4n) is 0.250. The quantitative estimate of drug-likeness (QED) is 0.327. The Bertz CT molecular complexity index is 33.9. The maximum absolute atomic E-state index is 5.26. The molecule has 0 bridgehead atoms. The summed E-state index contributed by atoms with van der Waals surface area (Å²) in [5.41, 5.74) is 0.940. The van der Waals surface area contributed by atoms with Crippen LogP contribution in [0.3, 0.4) is 0 Å². The first kappa shape index (κ1) is 3.68. The van der Waals surface area contributed by atoms with Crippen LogP contribution in [0.15, 0.2) is 0 Å². The van der Waals surface area contributed by atoms with Crippen molar-refractivity contribution in [2.24, 2.45) is 0 Å². The fourth-order valence-corrected chi connectivity index (χ4v) is 0.750. The largest absolute Gasteiger partial charge is 0.169 e. The van der Waals surface area contributed by atoms with E-state index in [2.05, 4.69) is 0 Å². The normalized spacial score (nSPS) is 25.6. The van der Waals surface area contributed by atoms with Gasteiger partial charge in [-0.3, -0.25) is 0 Å². The van der Waals surface area contributed by atoms with Crippen molar-refractivity contribution < 1.29 is 0 Å². The number of rotatable bonds is 1. The van der Waals surface area contributed by atoms with E-state index in [-0.39, 0.29) is 0 Å². The van der Waals surface area contributed by atoms with Gasteiger partial charge in [-0.05, 0) is 18.5 Å². The van der Waals surface area contributed by atoms with Crippen LogP contribution in [0.2, 0.25) is 0 Å². The van der Waals surface area contributed by atoms with Crippen LogP contribution in [0.25, 0.3) is 0 Å². The summed E-state index contributed by atoms with van der Waals surface area (Å²) in [6, 6.07) is 0. The van der Waals surface area contributed by atoms with E-state index in [1.165, 1.54) is 12.8 Å². The molecule has 0 aromatic carbocycles. The van der Waals surface area contributed by atoms with E-state index < -0.39 is 0 Å². The van der Waals surface area contributed by atoms with E-state index in [9.17, 15) is 0 Å². The number of hydrogen-bond acceptors (Lipinski definition) is 0. The summed E-state index contributed by atoms with van der Waals surface area (Å²) in [4.78, 5) is 0. The minimum Gasteiger partial charge on any atom is -0.169 e. The molecule has 0 aliphatic heterocycles. The van der Waals surface area contributed by atoms with Gasteiger partial charge in [0.15, 0.2) is 0 Å². The third-order valence-corrected chi connectivity index (χ3v) is 1.86. The molecule has 0 aromatic rings. The Morgan fingerprint density at radius 3 is 2.20 bits per heavy atom. The predicted octanol–water partition coefficient (Wildman–Crippen LogP) is 0.911. The van der Waals surface area contributed by atoms with Gasteiger partial charge in [-0.15, -0.1) is 0 Å². The molecule has 26 valence electrons. The molecule has 1 rings (SSSR count). The van der Waals surface area contributed by atoms with Gasteiger partial charge in [0, 0.05) is 0 Å². The highest BCUT2D eigenvalue weighted by Crippen LogP contribution is 2.35. The van der Waals surface area contributed by atoms with Gasteiger partial charge < -0.3 is 0 Å². The highest BCUT2D eigenvalue weighted by molar-refractivity contribution is 7.67. The van der Waals surface area contributed by atoms with Gasteiger partial charge in [-0.25, -0.2) is 0 Å². The maximum atomic E-state index is 5.26. The Balaban J connectivity index is 2.00. The molecule has 5 heavy (non-hydrogen) atoms. The molecule has 0 nitrogen and oxygen atoms in total. The van der Waals surface area contributed by atoms with Crippen LogP contribution >= 0.6 is 8.46 Å². The van der Waals surface area contributed by atoms with Crippen molar-refractivity contribution in [3.8, 4) is 0 Å². The van der Waals surface area contributed by atoms with Gasteiger partial charge in [0.1, 0.15) is 7.57 Å². The van der Waals surface area contributed by atoms with Crippen molar-refractivity contribution in [1.29, 1.82) is 0 Å². The summed E-state index contributed by atoms with van der Waals surface area (Å²) in [6.07, 6.45) is 2.80. The Labute approximate surface area is 35.5 Å². The van der Waals surface area contributed by atoms with Gasteiger partial charge in [-0.1, -0.05) is 0 Å². The zero-order valence-corrected chi connectivity index (χ0v) is 4.07. The SMILES string of the molecule is [B]PC1CC1. The molecule has 0 saturated heterocycles. The second-order valence-corrected chi connectivity index (χ2v) is 2.59. The molecular formula is C3H6BP. The Morgan fingerprint density at radius 1 is 1.60 bits per heavy atom. The molecule has 0 heterocycles. The molecule has 1 aliphatic carbocycles. The van der Waals surface area contributed by atoms with Crippen molar-refractivity contribution in [2.75, 3.05) is 0 Å².